The van der Waals surface area contributed by atoms with E-state index in [1.807, 2.05) is 36.7 Å². The predicted octanol–water partition coefficient (Wildman–Crippen LogP) is 4.13. The van der Waals surface area contributed by atoms with E-state index in [0.29, 0.717) is 18.3 Å². The number of rotatable bonds is 7. The summed E-state index contributed by atoms with van der Waals surface area (Å²) in [6.45, 7) is 2.90. The van der Waals surface area contributed by atoms with Gasteiger partial charge < -0.3 is 5.32 Å². The Balaban J connectivity index is 1.44. The Kier molecular flexibility index (Phi) is 6.88. The van der Waals surface area contributed by atoms with Crippen LogP contribution in [0.2, 0.25) is 0 Å². The molecule has 5 nitrogen and oxygen atoms in total. The minimum Gasteiger partial charge on any atom is -0.347 e. The standard InChI is InChI=1S/C24H32N4O/c29-23(16-19-8-1-2-9-19)27-24(22-12-4-6-14-26-22)20-10-7-15-28(17-20)18-21-11-3-5-13-25-21/h3-6,11-14,19-20,24H,1-2,7-10,15-18H2,(H,27,29)/t20-,24+/m1/s1. The van der Waals surface area contributed by atoms with Crippen LogP contribution in [0.25, 0.3) is 0 Å². The Morgan fingerprint density at radius 1 is 1.03 bits per heavy atom. The highest BCUT2D eigenvalue weighted by molar-refractivity contribution is 5.76. The van der Waals surface area contributed by atoms with Crippen LogP contribution in [0.4, 0.5) is 0 Å². The Morgan fingerprint density at radius 3 is 2.55 bits per heavy atom. The zero-order valence-electron chi connectivity index (χ0n) is 17.2. The van der Waals surface area contributed by atoms with Crippen molar-refractivity contribution in [3.63, 3.8) is 0 Å². The third-order valence-electron chi connectivity index (χ3n) is 6.40. The SMILES string of the molecule is O=C(CC1CCCC1)N[C@H](c1ccccn1)[C@@H]1CCCN(Cc2ccccn2)C1. The van der Waals surface area contributed by atoms with Crippen LogP contribution in [0.15, 0.2) is 48.8 Å². The van der Waals surface area contributed by atoms with Gasteiger partial charge in [0.1, 0.15) is 0 Å². The first-order chi connectivity index (χ1) is 14.3. The number of hydrogen-bond acceptors (Lipinski definition) is 4. The van der Waals surface area contributed by atoms with Gasteiger partial charge in [-0.15, -0.1) is 0 Å². The summed E-state index contributed by atoms with van der Waals surface area (Å²) in [5, 5.41) is 3.37. The second-order valence-corrected chi connectivity index (χ2v) is 8.61. The molecule has 4 rings (SSSR count). The quantitative estimate of drug-likeness (QED) is 0.770. The number of nitrogens with zero attached hydrogens (tertiary/aromatic N) is 3. The van der Waals surface area contributed by atoms with E-state index in [1.165, 1.54) is 25.7 Å². The maximum Gasteiger partial charge on any atom is 0.220 e. The topological polar surface area (TPSA) is 58.1 Å². The van der Waals surface area contributed by atoms with E-state index in [-0.39, 0.29) is 11.9 Å². The van der Waals surface area contributed by atoms with Crippen LogP contribution in [0, 0.1) is 11.8 Å². The van der Waals surface area contributed by atoms with Crippen molar-refractivity contribution in [3.8, 4) is 0 Å². The van der Waals surface area contributed by atoms with Gasteiger partial charge >= 0.3 is 0 Å². The van der Waals surface area contributed by atoms with Crippen molar-refractivity contribution < 1.29 is 4.79 Å². The smallest absolute Gasteiger partial charge is 0.220 e. The van der Waals surface area contributed by atoms with Gasteiger partial charge in [-0.1, -0.05) is 25.0 Å². The second-order valence-electron chi connectivity index (χ2n) is 8.61. The lowest BCUT2D eigenvalue weighted by Gasteiger charge is -2.37. The Hall–Kier alpha value is -2.27. The summed E-state index contributed by atoms with van der Waals surface area (Å²) in [7, 11) is 0. The van der Waals surface area contributed by atoms with Crippen LogP contribution < -0.4 is 5.32 Å². The second kappa shape index (κ2) is 9.97. The molecule has 29 heavy (non-hydrogen) atoms. The molecule has 2 aromatic heterocycles. The van der Waals surface area contributed by atoms with E-state index < -0.39 is 0 Å². The lowest BCUT2D eigenvalue weighted by Crippen LogP contribution is -2.43. The molecular formula is C24H32N4O. The number of carbonyl (C=O) groups is 1. The normalized spacial score (nSPS) is 21.7. The van der Waals surface area contributed by atoms with Crippen LogP contribution >= 0.6 is 0 Å². The summed E-state index contributed by atoms with van der Waals surface area (Å²) in [6, 6.07) is 12.1. The molecule has 5 heteroatoms. The Labute approximate surface area is 173 Å². The van der Waals surface area contributed by atoms with Crippen molar-refractivity contribution in [1.29, 1.82) is 0 Å². The molecule has 1 N–H and O–H groups in total. The fourth-order valence-electron chi connectivity index (χ4n) is 4.93. The molecule has 2 aromatic rings. The first kappa shape index (κ1) is 20.0. The first-order valence-electron chi connectivity index (χ1n) is 11.1. The number of aromatic nitrogens is 2. The molecule has 0 radical (unpaired) electrons. The van der Waals surface area contributed by atoms with Crippen LogP contribution in [0.5, 0.6) is 0 Å². The number of amides is 1. The molecule has 1 saturated carbocycles. The largest absolute Gasteiger partial charge is 0.347 e. The highest BCUT2D eigenvalue weighted by atomic mass is 16.1. The van der Waals surface area contributed by atoms with Crippen LogP contribution in [-0.2, 0) is 11.3 Å². The van der Waals surface area contributed by atoms with Gasteiger partial charge in [0.05, 0.1) is 17.4 Å². The molecule has 2 fully saturated rings. The minimum atomic E-state index is -0.0170. The van der Waals surface area contributed by atoms with E-state index in [2.05, 4.69) is 32.3 Å². The molecule has 2 atom stereocenters. The van der Waals surface area contributed by atoms with Crippen LogP contribution in [-0.4, -0.2) is 33.9 Å². The van der Waals surface area contributed by atoms with Gasteiger partial charge in [0.15, 0.2) is 0 Å². The first-order valence-corrected chi connectivity index (χ1v) is 11.1. The van der Waals surface area contributed by atoms with Crippen molar-refractivity contribution in [2.24, 2.45) is 11.8 Å². The summed E-state index contributed by atoms with van der Waals surface area (Å²) in [6.07, 6.45) is 11.5. The molecule has 0 unspecified atom stereocenters. The molecule has 1 aliphatic carbocycles. The predicted molar refractivity (Wildman–Crippen MR) is 114 cm³/mol. The number of carbonyl (C=O) groups excluding carboxylic acids is 1. The summed E-state index contributed by atoms with van der Waals surface area (Å²) in [5.41, 5.74) is 2.09. The maximum absolute atomic E-state index is 12.8. The number of hydrogen-bond donors (Lipinski definition) is 1. The molecule has 154 valence electrons. The van der Waals surface area contributed by atoms with Gasteiger partial charge in [0.25, 0.3) is 0 Å². The molecule has 3 heterocycles. The maximum atomic E-state index is 12.8. The van der Waals surface area contributed by atoms with Gasteiger partial charge in [0, 0.05) is 31.9 Å². The van der Waals surface area contributed by atoms with Crippen molar-refractivity contribution in [3.05, 3.63) is 60.2 Å². The fourth-order valence-corrected chi connectivity index (χ4v) is 4.93. The zero-order chi connectivity index (χ0) is 19.9. The Morgan fingerprint density at radius 2 is 1.83 bits per heavy atom. The highest BCUT2D eigenvalue weighted by Gasteiger charge is 2.31. The van der Waals surface area contributed by atoms with Gasteiger partial charge in [-0.05, 0) is 68.3 Å². The molecule has 0 spiro atoms. The van der Waals surface area contributed by atoms with E-state index in [9.17, 15) is 4.79 Å². The molecule has 1 amide bonds. The van der Waals surface area contributed by atoms with Crippen molar-refractivity contribution in [2.75, 3.05) is 13.1 Å². The summed E-state index contributed by atoms with van der Waals surface area (Å²) < 4.78 is 0. The molecular weight excluding hydrogens is 360 g/mol. The van der Waals surface area contributed by atoms with Crippen LogP contribution in [0.1, 0.15) is 62.4 Å². The van der Waals surface area contributed by atoms with Crippen molar-refractivity contribution in [1.82, 2.24) is 20.2 Å². The van der Waals surface area contributed by atoms with E-state index in [1.54, 1.807) is 0 Å². The number of likely N-dealkylation sites (tertiary alicyclic amines) is 1. The van der Waals surface area contributed by atoms with Crippen molar-refractivity contribution >= 4 is 5.91 Å². The molecule has 0 bridgehead atoms. The van der Waals surface area contributed by atoms with Gasteiger partial charge in [-0.3, -0.25) is 19.7 Å². The van der Waals surface area contributed by atoms with E-state index in [4.69, 9.17) is 0 Å². The van der Waals surface area contributed by atoms with Gasteiger partial charge in [-0.25, -0.2) is 0 Å². The van der Waals surface area contributed by atoms with Crippen LogP contribution in [0.3, 0.4) is 0 Å². The molecule has 0 aromatic carbocycles. The minimum absolute atomic E-state index is 0.0170. The van der Waals surface area contributed by atoms with E-state index >= 15 is 0 Å². The average Bonchev–Trinajstić information content (AvgIpc) is 3.26. The molecule has 1 saturated heterocycles. The number of pyridine rings is 2. The van der Waals surface area contributed by atoms with Crippen molar-refractivity contribution in [2.45, 2.75) is 57.5 Å². The molecule has 1 aliphatic heterocycles. The monoisotopic (exact) mass is 392 g/mol. The summed E-state index contributed by atoms with van der Waals surface area (Å²) >= 11 is 0. The summed E-state index contributed by atoms with van der Waals surface area (Å²) in [5.74, 6) is 1.12. The fraction of sp³-hybridized carbons (Fsp3) is 0.542. The average molecular weight is 393 g/mol. The lowest BCUT2D eigenvalue weighted by molar-refractivity contribution is -0.123. The van der Waals surface area contributed by atoms with Gasteiger partial charge in [-0.2, -0.15) is 0 Å². The zero-order valence-corrected chi connectivity index (χ0v) is 17.2. The number of piperidine rings is 1. The van der Waals surface area contributed by atoms with E-state index in [0.717, 1.165) is 43.9 Å². The third kappa shape index (κ3) is 5.63. The highest BCUT2D eigenvalue weighted by Crippen LogP contribution is 2.31. The summed E-state index contributed by atoms with van der Waals surface area (Å²) in [4.78, 5) is 24.4. The number of nitrogens with one attached hydrogen (secondary N) is 1. The lowest BCUT2D eigenvalue weighted by atomic mass is 9.88. The third-order valence-corrected chi connectivity index (χ3v) is 6.40. The Bertz CT molecular complexity index is 761. The molecule has 2 aliphatic rings. The van der Waals surface area contributed by atoms with Gasteiger partial charge in [0.2, 0.25) is 5.91 Å².